The molecule has 4 nitrogen and oxygen atoms in total. The van der Waals surface area contributed by atoms with Gasteiger partial charge in [-0.25, -0.2) is 12.8 Å². The van der Waals surface area contributed by atoms with E-state index in [4.69, 9.17) is 5.11 Å². The quantitative estimate of drug-likeness (QED) is 0.853. The number of hydrogen-bond acceptors (Lipinski definition) is 3. The molecule has 0 amide bonds. The van der Waals surface area contributed by atoms with Gasteiger partial charge < -0.3 is 5.11 Å². The van der Waals surface area contributed by atoms with Gasteiger partial charge in [0.05, 0.1) is 17.1 Å². The molecule has 1 aliphatic rings. The first kappa shape index (κ1) is 15.0. The highest BCUT2D eigenvalue weighted by atomic mass is 32.2. The van der Waals surface area contributed by atoms with E-state index >= 15 is 0 Å². The Bertz CT molecular complexity index is 657. The van der Waals surface area contributed by atoms with E-state index in [1.165, 1.54) is 23.5 Å². The molecule has 20 heavy (non-hydrogen) atoms. The van der Waals surface area contributed by atoms with Gasteiger partial charge in [-0.1, -0.05) is 11.8 Å². The minimum absolute atomic E-state index is 0.0343. The normalized spacial score (nSPS) is 15.0. The van der Waals surface area contributed by atoms with Gasteiger partial charge in [0.2, 0.25) is 10.0 Å². The summed E-state index contributed by atoms with van der Waals surface area (Å²) in [5.41, 5.74) is 0.131. The molecule has 1 N–H and O–H groups in total. The molecular formula is C14H16FNO3S. The van der Waals surface area contributed by atoms with E-state index in [2.05, 4.69) is 11.8 Å². The van der Waals surface area contributed by atoms with Crippen LogP contribution >= 0.6 is 0 Å². The molecule has 1 aliphatic carbocycles. The van der Waals surface area contributed by atoms with Crippen molar-refractivity contribution >= 4 is 10.0 Å². The van der Waals surface area contributed by atoms with Gasteiger partial charge in [0.1, 0.15) is 5.82 Å². The first-order chi connectivity index (χ1) is 9.46. The number of nitrogens with zero attached hydrogens (tertiary/aromatic N) is 1. The molecule has 6 heteroatoms. The molecular weight excluding hydrogens is 281 g/mol. The van der Waals surface area contributed by atoms with Crippen LogP contribution in [0.5, 0.6) is 0 Å². The summed E-state index contributed by atoms with van der Waals surface area (Å²) in [5, 5.41) is 8.60. The second-order valence-corrected chi connectivity index (χ2v) is 6.67. The van der Waals surface area contributed by atoms with Gasteiger partial charge in [-0.05, 0) is 31.0 Å². The zero-order valence-corrected chi connectivity index (χ0v) is 12.0. The van der Waals surface area contributed by atoms with E-state index in [1.807, 2.05) is 0 Å². The van der Waals surface area contributed by atoms with Crippen molar-refractivity contribution in [2.75, 3.05) is 13.7 Å². The van der Waals surface area contributed by atoms with Crippen molar-refractivity contribution in [3.63, 3.8) is 0 Å². The minimum atomic E-state index is -3.64. The van der Waals surface area contributed by atoms with Crippen LogP contribution in [0.25, 0.3) is 0 Å². The van der Waals surface area contributed by atoms with E-state index in [0.717, 1.165) is 18.9 Å². The number of benzene rings is 1. The minimum Gasteiger partial charge on any atom is -0.395 e. The van der Waals surface area contributed by atoms with E-state index in [0.29, 0.717) is 0 Å². The maximum absolute atomic E-state index is 13.8. The zero-order valence-electron chi connectivity index (χ0n) is 11.1. The van der Waals surface area contributed by atoms with Crippen LogP contribution in [-0.4, -0.2) is 37.5 Å². The zero-order chi connectivity index (χ0) is 14.8. The van der Waals surface area contributed by atoms with E-state index in [-0.39, 0.29) is 29.5 Å². The molecule has 0 bridgehead atoms. The Morgan fingerprint density at radius 1 is 1.45 bits per heavy atom. The molecule has 1 aromatic rings. The maximum Gasteiger partial charge on any atom is 0.243 e. The van der Waals surface area contributed by atoms with E-state index in [9.17, 15) is 12.8 Å². The van der Waals surface area contributed by atoms with E-state index < -0.39 is 15.8 Å². The number of aliphatic hydroxyl groups excluding tert-OH is 1. The van der Waals surface area contributed by atoms with Crippen LogP contribution in [0.3, 0.4) is 0 Å². The van der Waals surface area contributed by atoms with Crippen LogP contribution in [0.2, 0.25) is 0 Å². The average molecular weight is 297 g/mol. The Hall–Kier alpha value is -1.42. The van der Waals surface area contributed by atoms with Gasteiger partial charge in [-0.2, -0.15) is 4.31 Å². The van der Waals surface area contributed by atoms with Crippen LogP contribution in [0.1, 0.15) is 24.8 Å². The fourth-order valence-corrected chi connectivity index (χ4v) is 3.20. The standard InChI is InChI=1S/C14H16FNO3S/c1-16(12-6-7-12)20(18,19)13-8-5-11(14(15)10-13)4-2-3-9-17/h5,8,10,12,17H,3,6-7,9H2,1H3. The van der Waals surface area contributed by atoms with E-state index in [1.54, 1.807) is 0 Å². The first-order valence-corrected chi connectivity index (χ1v) is 7.78. The summed E-state index contributed by atoms with van der Waals surface area (Å²) in [6.07, 6.45) is 1.95. The third kappa shape index (κ3) is 3.18. The molecule has 0 unspecified atom stereocenters. The predicted octanol–water partition coefficient (Wildman–Crippen LogP) is 1.34. The summed E-state index contributed by atoms with van der Waals surface area (Å²) >= 11 is 0. The van der Waals surface area contributed by atoms with Gasteiger partial charge >= 0.3 is 0 Å². The molecule has 0 atom stereocenters. The van der Waals surface area contributed by atoms with Gasteiger partial charge in [-0.3, -0.25) is 0 Å². The van der Waals surface area contributed by atoms with Crippen LogP contribution in [-0.2, 0) is 10.0 Å². The second-order valence-electron chi connectivity index (χ2n) is 4.67. The second kappa shape index (κ2) is 5.92. The van der Waals surface area contributed by atoms with Gasteiger partial charge in [0.25, 0.3) is 0 Å². The highest BCUT2D eigenvalue weighted by Gasteiger charge is 2.35. The lowest BCUT2D eigenvalue weighted by Gasteiger charge is -2.16. The van der Waals surface area contributed by atoms with Crippen molar-refractivity contribution in [3.8, 4) is 11.8 Å². The molecule has 0 radical (unpaired) electrons. The molecule has 2 rings (SSSR count). The van der Waals surface area contributed by atoms with Crippen molar-refractivity contribution in [2.24, 2.45) is 0 Å². The Morgan fingerprint density at radius 3 is 2.70 bits per heavy atom. The molecule has 1 aromatic carbocycles. The lowest BCUT2D eigenvalue weighted by Crippen LogP contribution is -2.29. The summed E-state index contributed by atoms with van der Waals surface area (Å²) in [6, 6.07) is 3.75. The van der Waals surface area contributed by atoms with Gasteiger partial charge in [0.15, 0.2) is 0 Å². The Balaban J connectivity index is 2.27. The first-order valence-electron chi connectivity index (χ1n) is 6.34. The molecule has 0 spiro atoms. The summed E-state index contributed by atoms with van der Waals surface area (Å²) in [6.45, 7) is -0.0900. The molecule has 0 saturated heterocycles. The lowest BCUT2D eigenvalue weighted by molar-refractivity contribution is 0.305. The fourth-order valence-electron chi connectivity index (χ4n) is 1.77. The van der Waals surface area contributed by atoms with Gasteiger partial charge in [-0.15, -0.1) is 0 Å². The molecule has 108 valence electrons. The van der Waals surface area contributed by atoms with Crippen molar-refractivity contribution < 1.29 is 17.9 Å². The molecule has 0 heterocycles. The number of halogens is 1. The van der Waals surface area contributed by atoms with Crippen molar-refractivity contribution in [1.82, 2.24) is 4.31 Å². The number of aliphatic hydroxyl groups is 1. The highest BCUT2D eigenvalue weighted by molar-refractivity contribution is 7.89. The van der Waals surface area contributed by atoms with Crippen molar-refractivity contribution in [1.29, 1.82) is 0 Å². The summed E-state index contributed by atoms with van der Waals surface area (Å²) in [5.74, 6) is 4.50. The lowest BCUT2D eigenvalue weighted by atomic mass is 10.2. The average Bonchev–Trinajstić information content (AvgIpc) is 3.24. The Labute approximate surface area is 118 Å². The predicted molar refractivity (Wildman–Crippen MR) is 73.0 cm³/mol. The summed E-state index contributed by atoms with van der Waals surface area (Å²) < 4.78 is 39.6. The van der Waals surface area contributed by atoms with Gasteiger partial charge in [0, 0.05) is 19.5 Å². The number of sulfonamides is 1. The van der Waals surface area contributed by atoms with Crippen LogP contribution < -0.4 is 0 Å². The third-order valence-corrected chi connectivity index (χ3v) is 5.04. The summed E-state index contributed by atoms with van der Waals surface area (Å²) in [4.78, 5) is -0.0582. The summed E-state index contributed by atoms with van der Waals surface area (Å²) in [7, 11) is -2.12. The van der Waals surface area contributed by atoms with Crippen LogP contribution in [0.4, 0.5) is 4.39 Å². The fraction of sp³-hybridized carbons (Fsp3) is 0.429. The monoisotopic (exact) mass is 297 g/mol. The largest absolute Gasteiger partial charge is 0.395 e. The highest BCUT2D eigenvalue weighted by Crippen LogP contribution is 2.30. The third-order valence-electron chi connectivity index (χ3n) is 3.14. The SMILES string of the molecule is CN(C1CC1)S(=O)(=O)c1ccc(C#CCCO)c(F)c1. The molecule has 0 aliphatic heterocycles. The van der Waals surface area contributed by atoms with Crippen LogP contribution in [0.15, 0.2) is 23.1 Å². The topological polar surface area (TPSA) is 57.6 Å². The smallest absolute Gasteiger partial charge is 0.243 e. The molecule has 1 fully saturated rings. The van der Waals surface area contributed by atoms with Crippen molar-refractivity contribution in [2.45, 2.75) is 30.2 Å². The molecule has 1 saturated carbocycles. The Kier molecular flexibility index (Phi) is 4.43. The molecule has 0 aromatic heterocycles. The van der Waals surface area contributed by atoms with Crippen LogP contribution in [0, 0.1) is 17.7 Å². The Morgan fingerprint density at radius 2 is 2.15 bits per heavy atom. The van der Waals surface area contributed by atoms with Crippen molar-refractivity contribution in [3.05, 3.63) is 29.6 Å². The number of rotatable bonds is 4. The maximum atomic E-state index is 13.8. The number of hydrogen-bond donors (Lipinski definition) is 1.